The van der Waals surface area contributed by atoms with Crippen LogP contribution >= 0.6 is 0 Å². The van der Waals surface area contributed by atoms with E-state index in [1.807, 2.05) is 4.90 Å². The van der Waals surface area contributed by atoms with Crippen LogP contribution in [-0.4, -0.2) is 33.6 Å². The van der Waals surface area contributed by atoms with E-state index in [1.165, 1.54) is 28.9 Å². The first-order valence-electron chi connectivity index (χ1n) is 8.11. The molecule has 0 N–H and O–H groups in total. The molecule has 0 aliphatic carbocycles. The topological polar surface area (TPSA) is 81.3 Å². The molecule has 1 aromatic carbocycles. The van der Waals surface area contributed by atoms with E-state index in [2.05, 4.69) is 5.10 Å². The molecule has 1 fully saturated rings. The average molecular weight is 346 g/mol. The highest BCUT2D eigenvalue weighted by Crippen LogP contribution is 2.34. The van der Waals surface area contributed by atoms with E-state index in [4.69, 9.17) is 0 Å². The van der Waals surface area contributed by atoms with Gasteiger partial charge in [-0.25, -0.2) is 9.07 Å². The smallest absolute Gasteiger partial charge is 0.333 e. The predicted molar refractivity (Wildman–Crippen MR) is 90.3 cm³/mol. The fourth-order valence-corrected chi connectivity index (χ4v) is 3.44. The molecule has 1 atom stereocenters. The van der Waals surface area contributed by atoms with Crippen molar-refractivity contribution in [1.82, 2.24) is 9.78 Å². The van der Waals surface area contributed by atoms with Crippen molar-refractivity contribution >= 4 is 17.3 Å². The van der Waals surface area contributed by atoms with Gasteiger partial charge in [0.25, 0.3) is 0 Å². The third-order valence-corrected chi connectivity index (χ3v) is 4.56. The number of hydrogen-bond acceptors (Lipinski definition) is 5. The fourth-order valence-electron chi connectivity index (χ4n) is 3.44. The number of aryl methyl sites for hydroxylation is 2. The molecule has 7 nitrogen and oxygen atoms in total. The quantitative estimate of drug-likeness (QED) is 0.483. The van der Waals surface area contributed by atoms with Crippen molar-refractivity contribution in [1.29, 1.82) is 0 Å². The van der Waals surface area contributed by atoms with Gasteiger partial charge in [-0.3, -0.25) is 14.9 Å². The van der Waals surface area contributed by atoms with Crippen molar-refractivity contribution < 1.29 is 14.1 Å². The third-order valence-electron chi connectivity index (χ3n) is 4.56. The van der Waals surface area contributed by atoms with E-state index in [9.17, 15) is 19.3 Å². The Balaban J connectivity index is 1.86. The highest BCUT2D eigenvalue weighted by Gasteiger charge is 2.33. The molecule has 0 saturated carbocycles. The Kier molecular flexibility index (Phi) is 4.52. The van der Waals surface area contributed by atoms with Gasteiger partial charge in [-0.05, 0) is 44.0 Å². The Labute approximate surface area is 144 Å². The summed E-state index contributed by atoms with van der Waals surface area (Å²) in [5, 5.41) is 15.5. The Bertz CT molecular complexity index is 816. The second-order valence-electron chi connectivity index (χ2n) is 6.29. The van der Waals surface area contributed by atoms with Gasteiger partial charge >= 0.3 is 5.69 Å². The fraction of sp³-hybridized carbons (Fsp3) is 0.412. The van der Waals surface area contributed by atoms with Crippen LogP contribution in [0.25, 0.3) is 0 Å². The molecule has 0 amide bonds. The Morgan fingerprint density at radius 1 is 1.36 bits per heavy atom. The van der Waals surface area contributed by atoms with Gasteiger partial charge in [0.2, 0.25) is 5.82 Å². The third kappa shape index (κ3) is 3.24. The molecule has 25 heavy (non-hydrogen) atoms. The molecule has 1 aromatic heterocycles. The van der Waals surface area contributed by atoms with Crippen LogP contribution in [-0.2, 0) is 7.05 Å². The van der Waals surface area contributed by atoms with Gasteiger partial charge < -0.3 is 4.90 Å². The van der Waals surface area contributed by atoms with Crippen LogP contribution in [0.5, 0.6) is 0 Å². The average Bonchev–Trinajstić information content (AvgIpc) is 2.89. The summed E-state index contributed by atoms with van der Waals surface area (Å²) in [6, 6.07) is 5.49. The number of piperidine rings is 1. The summed E-state index contributed by atoms with van der Waals surface area (Å²) in [4.78, 5) is 25.5. The number of Topliss-reactive ketones (excluding diaryl/α,β-unsaturated/α-hetero) is 1. The van der Waals surface area contributed by atoms with Crippen molar-refractivity contribution in [2.24, 2.45) is 13.0 Å². The molecule has 0 radical (unpaired) electrons. The molecule has 0 spiro atoms. The summed E-state index contributed by atoms with van der Waals surface area (Å²) in [5.74, 6) is -0.304. The maximum absolute atomic E-state index is 13.0. The number of rotatable bonds is 4. The zero-order valence-electron chi connectivity index (χ0n) is 14.1. The minimum atomic E-state index is -0.428. The van der Waals surface area contributed by atoms with Crippen molar-refractivity contribution in [3.05, 3.63) is 51.5 Å². The van der Waals surface area contributed by atoms with Crippen LogP contribution in [0, 0.1) is 28.8 Å². The van der Waals surface area contributed by atoms with Gasteiger partial charge in [-0.2, -0.15) is 5.10 Å². The van der Waals surface area contributed by atoms with Crippen molar-refractivity contribution in [2.45, 2.75) is 19.8 Å². The van der Waals surface area contributed by atoms with E-state index in [0.717, 1.165) is 6.42 Å². The number of hydrogen-bond donors (Lipinski definition) is 0. The number of halogens is 1. The van der Waals surface area contributed by atoms with Crippen molar-refractivity contribution in [3.8, 4) is 0 Å². The van der Waals surface area contributed by atoms with E-state index in [1.54, 1.807) is 14.0 Å². The summed E-state index contributed by atoms with van der Waals surface area (Å²) in [7, 11) is 1.67. The largest absolute Gasteiger partial charge is 0.350 e. The minimum absolute atomic E-state index is 0.0163. The zero-order valence-corrected chi connectivity index (χ0v) is 14.1. The van der Waals surface area contributed by atoms with E-state index < -0.39 is 4.92 Å². The number of nitro groups is 1. The molecular formula is C17H19FN4O3. The standard InChI is InChI=1S/C17H19FN4O3/c1-11-15(22(24)25)17(20(2)19-11)21-9-3-4-13(10-21)16(23)12-5-7-14(18)8-6-12/h5-8,13H,3-4,9-10H2,1-2H3. The molecule has 1 aliphatic heterocycles. The Hall–Kier alpha value is -2.77. The first-order valence-corrected chi connectivity index (χ1v) is 8.11. The molecule has 3 rings (SSSR count). The second kappa shape index (κ2) is 6.62. The Morgan fingerprint density at radius 3 is 2.68 bits per heavy atom. The second-order valence-corrected chi connectivity index (χ2v) is 6.29. The van der Waals surface area contributed by atoms with E-state index in [-0.39, 0.29) is 23.2 Å². The molecule has 1 unspecified atom stereocenters. The maximum atomic E-state index is 13.0. The summed E-state index contributed by atoms with van der Waals surface area (Å²) < 4.78 is 14.5. The lowest BCUT2D eigenvalue weighted by atomic mass is 9.90. The summed E-state index contributed by atoms with van der Waals surface area (Å²) >= 11 is 0. The monoisotopic (exact) mass is 346 g/mol. The van der Waals surface area contributed by atoms with E-state index in [0.29, 0.717) is 36.6 Å². The molecule has 8 heteroatoms. The van der Waals surface area contributed by atoms with Gasteiger partial charge in [-0.1, -0.05) is 0 Å². The van der Waals surface area contributed by atoms with Crippen LogP contribution in [0.1, 0.15) is 28.9 Å². The Morgan fingerprint density at radius 2 is 2.04 bits per heavy atom. The molecule has 1 saturated heterocycles. The number of carbonyl (C=O) groups is 1. The number of anilines is 1. The first-order chi connectivity index (χ1) is 11.9. The summed E-state index contributed by atoms with van der Waals surface area (Å²) in [6.45, 7) is 2.62. The van der Waals surface area contributed by atoms with Gasteiger partial charge in [0.15, 0.2) is 5.78 Å². The lowest BCUT2D eigenvalue weighted by Crippen LogP contribution is -2.40. The number of benzene rings is 1. The summed E-state index contributed by atoms with van der Waals surface area (Å²) in [5.41, 5.74) is 0.802. The molecule has 132 valence electrons. The lowest BCUT2D eigenvalue weighted by molar-refractivity contribution is -0.384. The SMILES string of the molecule is Cc1nn(C)c(N2CCCC(C(=O)c3ccc(F)cc3)C2)c1[N+](=O)[O-]. The zero-order chi connectivity index (χ0) is 18.1. The van der Waals surface area contributed by atoms with Crippen LogP contribution < -0.4 is 4.90 Å². The van der Waals surface area contributed by atoms with Gasteiger partial charge in [0, 0.05) is 31.6 Å². The molecule has 0 bridgehead atoms. The van der Waals surface area contributed by atoms with Crippen LogP contribution in [0.3, 0.4) is 0 Å². The number of ketones is 1. The predicted octanol–water partition coefficient (Wildman–Crippen LogP) is 2.88. The van der Waals surface area contributed by atoms with Crippen LogP contribution in [0.15, 0.2) is 24.3 Å². The van der Waals surface area contributed by atoms with Gasteiger partial charge in [0.1, 0.15) is 11.5 Å². The van der Waals surface area contributed by atoms with Gasteiger partial charge in [-0.15, -0.1) is 0 Å². The number of aromatic nitrogens is 2. The highest BCUT2D eigenvalue weighted by atomic mass is 19.1. The lowest BCUT2D eigenvalue weighted by Gasteiger charge is -2.32. The number of carbonyl (C=O) groups excluding carboxylic acids is 1. The molecule has 2 aromatic rings. The highest BCUT2D eigenvalue weighted by molar-refractivity contribution is 5.98. The minimum Gasteiger partial charge on any atom is -0.350 e. The van der Waals surface area contributed by atoms with Crippen LogP contribution in [0.4, 0.5) is 15.9 Å². The molecule has 1 aliphatic rings. The first kappa shape index (κ1) is 17.1. The number of nitrogens with zero attached hydrogens (tertiary/aromatic N) is 4. The van der Waals surface area contributed by atoms with Gasteiger partial charge in [0.05, 0.1) is 4.92 Å². The van der Waals surface area contributed by atoms with Crippen molar-refractivity contribution in [2.75, 3.05) is 18.0 Å². The normalized spacial score (nSPS) is 17.6. The van der Waals surface area contributed by atoms with E-state index >= 15 is 0 Å². The maximum Gasteiger partial charge on any atom is 0.333 e. The summed E-state index contributed by atoms with van der Waals surface area (Å²) in [6.07, 6.45) is 1.45. The van der Waals surface area contributed by atoms with Crippen molar-refractivity contribution in [3.63, 3.8) is 0 Å². The molecule has 2 heterocycles. The van der Waals surface area contributed by atoms with Crippen LogP contribution in [0.2, 0.25) is 0 Å². The molecular weight excluding hydrogens is 327 g/mol.